The molecule has 3 nitrogen and oxygen atoms in total. The van der Waals surface area contributed by atoms with Crippen molar-refractivity contribution in [1.29, 1.82) is 0 Å². The molecular formula is C17H21N3S. The van der Waals surface area contributed by atoms with Crippen LogP contribution < -0.4 is 5.32 Å². The lowest BCUT2D eigenvalue weighted by molar-refractivity contribution is 0.620. The maximum atomic E-state index is 4.52. The molecule has 110 valence electrons. The van der Waals surface area contributed by atoms with Gasteiger partial charge < -0.3 is 5.32 Å². The Morgan fingerprint density at radius 3 is 2.67 bits per heavy atom. The van der Waals surface area contributed by atoms with Crippen molar-refractivity contribution in [2.75, 3.05) is 6.54 Å². The average Bonchev–Trinajstić information content (AvgIpc) is 2.92. The summed E-state index contributed by atoms with van der Waals surface area (Å²) in [7, 11) is 0. The molecule has 2 aliphatic carbocycles. The zero-order chi connectivity index (χ0) is 14.2. The molecule has 0 spiro atoms. The van der Waals surface area contributed by atoms with Crippen LogP contribution in [-0.2, 0) is 0 Å². The summed E-state index contributed by atoms with van der Waals surface area (Å²) in [5, 5.41) is 15.0. The molecule has 0 bridgehead atoms. The lowest BCUT2D eigenvalue weighted by Crippen LogP contribution is -2.21. The van der Waals surface area contributed by atoms with E-state index in [1.165, 1.54) is 29.8 Å². The molecule has 0 aliphatic heterocycles. The van der Waals surface area contributed by atoms with Crippen LogP contribution in [0, 0.1) is 11.8 Å². The summed E-state index contributed by atoms with van der Waals surface area (Å²) in [5.74, 6) is 2.56. The third-order valence-corrected chi connectivity index (χ3v) is 6.03. The number of hydrogen-bond donors (Lipinski definition) is 1. The largest absolute Gasteiger partial charge is 0.304 e. The van der Waals surface area contributed by atoms with Gasteiger partial charge in [0, 0.05) is 5.92 Å². The summed E-state index contributed by atoms with van der Waals surface area (Å²) in [6.45, 7) is 3.08. The van der Waals surface area contributed by atoms with Gasteiger partial charge in [-0.25, -0.2) is 0 Å². The molecule has 2 fully saturated rings. The second kappa shape index (κ2) is 5.50. The third kappa shape index (κ3) is 2.40. The number of nitrogens with zero attached hydrogens (tertiary/aromatic N) is 2. The Morgan fingerprint density at radius 2 is 1.95 bits per heavy atom. The third-order valence-electron chi connectivity index (χ3n) is 4.94. The van der Waals surface area contributed by atoms with Crippen molar-refractivity contribution < 1.29 is 0 Å². The summed E-state index contributed by atoms with van der Waals surface area (Å²) >= 11 is 1.82. The maximum Gasteiger partial charge on any atom is 0.139 e. The number of aromatic nitrogens is 2. The highest BCUT2D eigenvalue weighted by Gasteiger charge is 2.54. The topological polar surface area (TPSA) is 37.8 Å². The fourth-order valence-corrected chi connectivity index (χ4v) is 5.08. The van der Waals surface area contributed by atoms with E-state index in [0.717, 1.165) is 29.3 Å². The zero-order valence-corrected chi connectivity index (χ0v) is 13.1. The maximum absolute atomic E-state index is 4.52. The monoisotopic (exact) mass is 299 g/mol. The Bertz CT molecular complexity index is 600. The smallest absolute Gasteiger partial charge is 0.139 e. The zero-order valence-electron chi connectivity index (χ0n) is 12.3. The standard InChI is InChI=1S/C17H21N3S/c1-2-18-15(11-7-4-3-5-8-11)17-20-19-16(21-17)14-12-9-6-10-13(12)14/h3-5,7-8,12-15,18H,2,6,9-10H2,1H3. The van der Waals surface area contributed by atoms with Crippen molar-refractivity contribution in [3.05, 3.63) is 45.9 Å². The summed E-state index contributed by atoms with van der Waals surface area (Å²) in [6, 6.07) is 10.8. The lowest BCUT2D eigenvalue weighted by atomic mass is 10.1. The molecule has 2 aliphatic rings. The highest BCUT2D eigenvalue weighted by Crippen LogP contribution is 2.63. The molecule has 21 heavy (non-hydrogen) atoms. The van der Waals surface area contributed by atoms with Crippen LogP contribution in [0.25, 0.3) is 0 Å². The summed E-state index contributed by atoms with van der Waals surface area (Å²) < 4.78 is 0. The summed E-state index contributed by atoms with van der Waals surface area (Å²) in [5.41, 5.74) is 1.28. The molecule has 2 aromatic rings. The van der Waals surface area contributed by atoms with Gasteiger partial charge in [-0.2, -0.15) is 0 Å². The molecule has 0 radical (unpaired) electrons. The van der Waals surface area contributed by atoms with Crippen LogP contribution >= 0.6 is 11.3 Å². The van der Waals surface area contributed by atoms with E-state index in [2.05, 4.69) is 52.8 Å². The minimum Gasteiger partial charge on any atom is -0.304 e. The van der Waals surface area contributed by atoms with Crippen molar-refractivity contribution in [2.45, 2.75) is 38.1 Å². The molecule has 2 saturated carbocycles. The van der Waals surface area contributed by atoms with Gasteiger partial charge in [0.25, 0.3) is 0 Å². The quantitative estimate of drug-likeness (QED) is 0.913. The Balaban J connectivity index is 1.58. The lowest BCUT2D eigenvalue weighted by Gasteiger charge is -2.14. The van der Waals surface area contributed by atoms with Gasteiger partial charge >= 0.3 is 0 Å². The molecule has 1 heterocycles. The van der Waals surface area contributed by atoms with Crippen molar-refractivity contribution in [3.8, 4) is 0 Å². The highest BCUT2D eigenvalue weighted by atomic mass is 32.1. The number of benzene rings is 1. The van der Waals surface area contributed by atoms with Crippen molar-refractivity contribution in [2.24, 2.45) is 11.8 Å². The first-order chi connectivity index (χ1) is 10.4. The molecule has 0 amide bonds. The van der Waals surface area contributed by atoms with Gasteiger partial charge in [0.1, 0.15) is 10.0 Å². The molecule has 4 rings (SSSR count). The molecule has 1 N–H and O–H groups in total. The fourth-order valence-electron chi connectivity index (χ4n) is 3.88. The molecular weight excluding hydrogens is 278 g/mol. The van der Waals surface area contributed by atoms with E-state index >= 15 is 0 Å². The van der Waals surface area contributed by atoms with Crippen LogP contribution in [0.3, 0.4) is 0 Å². The number of hydrogen-bond acceptors (Lipinski definition) is 4. The molecule has 0 saturated heterocycles. The van der Waals surface area contributed by atoms with E-state index in [9.17, 15) is 0 Å². The van der Waals surface area contributed by atoms with Crippen LogP contribution in [0.2, 0.25) is 0 Å². The predicted molar refractivity (Wildman–Crippen MR) is 85.4 cm³/mol. The van der Waals surface area contributed by atoms with Crippen LogP contribution in [0.15, 0.2) is 30.3 Å². The molecule has 1 aromatic heterocycles. The SMILES string of the molecule is CCNC(c1ccccc1)c1nnc(C2C3CCCC32)s1. The molecule has 3 unspecified atom stereocenters. The first-order valence-corrected chi connectivity index (χ1v) is 8.81. The summed E-state index contributed by atoms with van der Waals surface area (Å²) in [4.78, 5) is 0. The van der Waals surface area contributed by atoms with Crippen LogP contribution in [0.1, 0.15) is 53.7 Å². The van der Waals surface area contributed by atoms with E-state index in [0.29, 0.717) is 0 Å². The fraction of sp³-hybridized carbons (Fsp3) is 0.529. The Kier molecular flexibility index (Phi) is 3.51. The number of fused-ring (bicyclic) bond motifs is 1. The van der Waals surface area contributed by atoms with Crippen LogP contribution in [0.5, 0.6) is 0 Å². The van der Waals surface area contributed by atoms with Gasteiger partial charge in [-0.05, 0) is 36.8 Å². The van der Waals surface area contributed by atoms with Gasteiger partial charge in [0.15, 0.2) is 0 Å². The molecule has 3 atom stereocenters. The Morgan fingerprint density at radius 1 is 1.19 bits per heavy atom. The highest BCUT2D eigenvalue weighted by molar-refractivity contribution is 7.11. The second-order valence-corrected chi connectivity index (χ2v) is 7.20. The van der Waals surface area contributed by atoms with E-state index < -0.39 is 0 Å². The van der Waals surface area contributed by atoms with Crippen molar-refractivity contribution in [3.63, 3.8) is 0 Å². The van der Waals surface area contributed by atoms with E-state index in [1.54, 1.807) is 0 Å². The number of rotatable bonds is 5. The van der Waals surface area contributed by atoms with Crippen molar-refractivity contribution >= 4 is 11.3 Å². The normalized spacial score (nSPS) is 28.3. The first-order valence-electron chi connectivity index (χ1n) is 8.00. The predicted octanol–water partition coefficient (Wildman–Crippen LogP) is 3.75. The number of nitrogens with one attached hydrogen (secondary N) is 1. The van der Waals surface area contributed by atoms with Gasteiger partial charge in [0.05, 0.1) is 6.04 Å². The van der Waals surface area contributed by atoms with E-state index in [-0.39, 0.29) is 6.04 Å². The van der Waals surface area contributed by atoms with Gasteiger partial charge in [-0.1, -0.05) is 55.0 Å². The van der Waals surface area contributed by atoms with E-state index in [4.69, 9.17) is 0 Å². The minimum absolute atomic E-state index is 0.182. The minimum atomic E-state index is 0.182. The summed E-state index contributed by atoms with van der Waals surface area (Å²) in [6.07, 6.45) is 4.22. The van der Waals surface area contributed by atoms with Crippen molar-refractivity contribution in [1.82, 2.24) is 15.5 Å². The second-order valence-electron chi connectivity index (χ2n) is 6.16. The Hall–Kier alpha value is -1.26. The Labute approximate surface area is 129 Å². The van der Waals surface area contributed by atoms with E-state index in [1.807, 2.05) is 11.3 Å². The van der Waals surface area contributed by atoms with Gasteiger partial charge in [0.2, 0.25) is 0 Å². The van der Waals surface area contributed by atoms with Gasteiger partial charge in [-0.15, -0.1) is 10.2 Å². The first kappa shape index (κ1) is 13.4. The average molecular weight is 299 g/mol. The van der Waals surface area contributed by atoms with Gasteiger partial charge in [-0.3, -0.25) is 0 Å². The van der Waals surface area contributed by atoms with Crippen LogP contribution in [0.4, 0.5) is 0 Å². The molecule has 1 aromatic carbocycles. The molecule has 4 heteroatoms. The van der Waals surface area contributed by atoms with Crippen LogP contribution in [-0.4, -0.2) is 16.7 Å².